The molecule has 27 heavy (non-hydrogen) atoms. The standard InChI is InChI=1S/C23H31N3O/c1-17-10-11-21(19(16-17)24-22(27)23(3,4)5)26-14-12-25(13-15-26)20-9-7-6-8-18(20)2/h6-11,16H,12-15H2,1-5H3,(H,24,27). The van der Waals surface area contributed by atoms with Crippen LogP contribution in [0.1, 0.15) is 31.9 Å². The van der Waals surface area contributed by atoms with E-state index in [9.17, 15) is 4.79 Å². The van der Waals surface area contributed by atoms with Crippen LogP contribution >= 0.6 is 0 Å². The molecule has 0 unspecified atom stereocenters. The number of anilines is 3. The zero-order valence-electron chi connectivity index (χ0n) is 17.2. The van der Waals surface area contributed by atoms with E-state index in [-0.39, 0.29) is 5.91 Å². The van der Waals surface area contributed by atoms with Gasteiger partial charge >= 0.3 is 0 Å². The number of carbonyl (C=O) groups is 1. The molecular formula is C23H31N3O. The van der Waals surface area contributed by atoms with Gasteiger partial charge in [-0.2, -0.15) is 0 Å². The molecule has 0 aliphatic carbocycles. The molecule has 1 aliphatic heterocycles. The fourth-order valence-electron chi connectivity index (χ4n) is 3.44. The predicted molar refractivity (Wildman–Crippen MR) is 115 cm³/mol. The van der Waals surface area contributed by atoms with Crippen LogP contribution in [0.2, 0.25) is 0 Å². The molecule has 1 heterocycles. The number of hydrogen-bond acceptors (Lipinski definition) is 3. The third-order valence-corrected chi connectivity index (χ3v) is 5.16. The fourth-order valence-corrected chi connectivity index (χ4v) is 3.44. The second-order valence-corrected chi connectivity index (χ2v) is 8.49. The molecule has 0 atom stereocenters. The van der Waals surface area contributed by atoms with Crippen LogP contribution in [-0.4, -0.2) is 32.1 Å². The van der Waals surface area contributed by atoms with Gasteiger partial charge in [0.2, 0.25) is 5.91 Å². The monoisotopic (exact) mass is 365 g/mol. The first-order chi connectivity index (χ1) is 12.8. The molecule has 4 heteroatoms. The van der Waals surface area contributed by atoms with Gasteiger partial charge in [0.1, 0.15) is 0 Å². The van der Waals surface area contributed by atoms with Crippen molar-refractivity contribution in [3.05, 3.63) is 53.6 Å². The van der Waals surface area contributed by atoms with E-state index < -0.39 is 5.41 Å². The van der Waals surface area contributed by atoms with E-state index in [1.807, 2.05) is 20.8 Å². The van der Waals surface area contributed by atoms with Gasteiger partial charge in [-0.25, -0.2) is 0 Å². The maximum atomic E-state index is 12.5. The van der Waals surface area contributed by atoms with Crippen LogP contribution in [0.5, 0.6) is 0 Å². The topological polar surface area (TPSA) is 35.6 Å². The highest BCUT2D eigenvalue weighted by Crippen LogP contribution is 2.31. The average molecular weight is 366 g/mol. The van der Waals surface area contributed by atoms with Crippen molar-refractivity contribution in [1.82, 2.24) is 0 Å². The number of carbonyl (C=O) groups excluding carboxylic acids is 1. The summed E-state index contributed by atoms with van der Waals surface area (Å²) in [7, 11) is 0. The van der Waals surface area contributed by atoms with E-state index in [0.717, 1.165) is 43.1 Å². The Morgan fingerprint density at radius 2 is 1.48 bits per heavy atom. The van der Waals surface area contributed by atoms with Gasteiger partial charge in [-0.05, 0) is 43.2 Å². The molecule has 1 saturated heterocycles. The molecule has 0 aromatic heterocycles. The smallest absolute Gasteiger partial charge is 0.229 e. The van der Waals surface area contributed by atoms with Crippen molar-refractivity contribution >= 4 is 23.0 Å². The first-order valence-corrected chi connectivity index (χ1v) is 9.73. The lowest BCUT2D eigenvalue weighted by Crippen LogP contribution is -2.47. The summed E-state index contributed by atoms with van der Waals surface area (Å²) in [6, 6.07) is 14.9. The third-order valence-electron chi connectivity index (χ3n) is 5.16. The lowest BCUT2D eigenvalue weighted by molar-refractivity contribution is -0.123. The first kappa shape index (κ1) is 19.3. The zero-order chi connectivity index (χ0) is 19.6. The molecule has 1 aliphatic rings. The van der Waals surface area contributed by atoms with Gasteiger partial charge in [0.25, 0.3) is 0 Å². The van der Waals surface area contributed by atoms with E-state index >= 15 is 0 Å². The van der Waals surface area contributed by atoms with Crippen LogP contribution in [0.15, 0.2) is 42.5 Å². The van der Waals surface area contributed by atoms with Crippen molar-refractivity contribution in [2.75, 3.05) is 41.3 Å². The molecule has 1 amide bonds. The molecule has 1 N–H and O–H groups in total. The number of rotatable bonds is 3. The van der Waals surface area contributed by atoms with Crippen molar-refractivity contribution < 1.29 is 4.79 Å². The van der Waals surface area contributed by atoms with E-state index in [2.05, 4.69) is 71.4 Å². The quantitative estimate of drug-likeness (QED) is 0.862. The number of benzene rings is 2. The number of nitrogens with one attached hydrogen (secondary N) is 1. The van der Waals surface area contributed by atoms with Crippen LogP contribution in [-0.2, 0) is 4.79 Å². The Kier molecular flexibility index (Phi) is 5.45. The number of para-hydroxylation sites is 1. The fraction of sp³-hybridized carbons (Fsp3) is 0.435. The molecular weight excluding hydrogens is 334 g/mol. The number of amides is 1. The van der Waals surface area contributed by atoms with Gasteiger partial charge in [0.05, 0.1) is 11.4 Å². The summed E-state index contributed by atoms with van der Waals surface area (Å²) in [6.45, 7) is 13.9. The SMILES string of the molecule is Cc1ccc(N2CCN(c3ccccc3C)CC2)c(NC(=O)C(C)(C)C)c1. The summed E-state index contributed by atoms with van der Waals surface area (Å²) >= 11 is 0. The van der Waals surface area contributed by atoms with Gasteiger partial charge in [0.15, 0.2) is 0 Å². The minimum absolute atomic E-state index is 0.0490. The van der Waals surface area contributed by atoms with Crippen molar-refractivity contribution in [2.45, 2.75) is 34.6 Å². The van der Waals surface area contributed by atoms with E-state index in [1.165, 1.54) is 11.3 Å². The molecule has 0 spiro atoms. The Labute approximate surface area is 163 Å². The van der Waals surface area contributed by atoms with E-state index in [1.54, 1.807) is 0 Å². The van der Waals surface area contributed by atoms with Gasteiger partial charge in [-0.3, -0.25) is 4.79 Å². The summed E-state index contributed by atoms with van der Waals surface area (Å²) in [6.07, 6.45) is 0. The summed E-state index contributed by atoms with van der Waals surface area (Å²) in [5, 5.41) is 3.15. The molecule has 0 saturated carbocycles. The van der Waals surface area contributed by atoms with E-state index in [4.69, 9.17) is 0 Å². The van der Waals surface area contributed by atoms with Crippen LogP contribution in [0, 0.1) is 19.3 Å². The summed E-state index contributed by atoms with van der Waals surface area (Å²) in [5.74, 6) is 0.0490. The Hall–Kier alpha value is -2.49. The van der Waals surface area contributed by atoms with E-state index in [0.29, 0.717) is 0 Å². The van der Waals surface area contributed by atoms with Crippen molar-refractivity contribution in [2.24, 2.45) is 5.41 Å². The van der Waals surface area contributed by atoms with Crippen molar-refractivity contribution in [3.63, 3.8) is 0 Å². The summed E-state index contributed by atoms with van der Waals surface area (Å²) < 4.78 is 0. The molecule has 0 radical (unpaired) electrons. The lowest BCUT2D eigenvalue weighted by atomic mass is 9.95. The second-order valence-electron chi connectivity index (χ2n) is 8.49. The molecule has 1 fully saturated rings. The number of piperazine rings is 1. The maximum Gasteiger partial charge on any atom is 0.229 e. The molecule has 144 valence electrons. The van der Waals surface area contributed by atoms with Crippen LogP contribution in [0.3, 0.4) is 0 Å². The van der Waals surface area contributed by atoms with Gasteiger partial charge < -0.3 is 15.1 Å². The Morgan fingerprint density at radius 1 is 0.889 bits per heavy atom. The highest BCUT2D eigenvalue weighted by atomic mass is 16.2. The highest BCUT2D eigenvalue weighted by Gasteiger charge is 2.24. The van der Waals surface area contributed by atoms with Gasteiger partial charge in [-0.15, -0.1) is 0 Å². The van der Waals surface area contributed by atoms with Crippen LogP contribution in [0.25, 0.3) is 0 Å². The Bertz CT molecular complexity index is 815. The number of nitrogens with zero attached hydrogens (tertiary/aromatic N) is 2. The Morgan fingerprint density at radius 3 is 2.07 bits per heavy atom. The summed E-state index contributed by atoms with van der Waals surface area (Å²) in [4.78, 5) is 17.4. The molecule has 0 bridgehead atoms. The molecule has 3 rings (SSSR count). The third kappa shape index (κ3) is 4.44. The highest BCUT2D eigenvalue weighted by molar-refractivity contribution is 5.97. The molecule has 2 aromatic carbocycles. The molecule has 2 aromatic rings. The lowest BCUT2D eigenvalue weighted by Gasteiger charge is -2.39. The summed E-state index contributed by atoms with van der Waals surface area (Å²) in [5.41, 5.74) is 5.41. The van der Waals surface area contributed by atoms with Crippen LogP contribution < -0.4 is 15.1 Å². The Balaban J connectivity index is 1.76. The number of hydrogen-bond donors (Lipinski definition) is 1. The number of aryl methyl sites for hydroxylation is 2. The predicted octanol–water partition coefficient (Wildman–Crippen LogP) is 4.61. The van der Waals surface area contributed by atoms with Crippen molar-refractivity contribution in [1.29, 1.82) is 0 Å². The average Bonchev–Trinajstić information content (AvgIpc) is 2.62. The van der Waals surface area contributed by atoms with Gasteiger partial charge in [-0.1, -0.05) is 45.0 Å². The largest absolute Gasteiger partial charge is 0.368 e. The van der Waals surface area contributed by atoms with Crippen molar-refractivity contribution in [3.8, 4) is 0 Å². The maximum absolute atomic E-state index is 12.5. The normalized spacial score (nSPS) is 15.0. The molecule has 4 nitrogen and oxygen atoms in total. The van der Waals surface area contributed by atoms with Gasteiger partial charge in [0, 0.05) is 37.3 Å². The zero-order valence-corrected chi connectivity index (χ0v) is 17.2. The van der Waals surface area contributed by atoms with Crippen LogP contribution in [0.4, 0.5) is 17.1 Å². The second kappa shape index (κ2) is 7.63. The first-order valence-electron chi connectivity index (χ1n) is 9.73. The minimum atomic E-state index is -0.412. The minimum Gasteiger partial charge on any atom is -0.368 e.